The Kier molecular flexibility index (Phi) is 4.71. The highest BCUT2D eigenvalue weighted by molar-refractivity contribution is 5.87. The van der Waals surface area contributed by atoms with Gasteiger partial charge in [0.1, 0.15) is 12.3 Å². The van der Waals surface area contributed by atoms with E-state index in [0.29, 0.717) is 11.3 Å². The molecule has 0 unspecified atom stereocenters. The Bertz CT molecular complexity index is 1080. The van der Waals surface area contributed by atoms with Gasteiger partial charge in [0, 0.05) is 36.6 Å². The summed E-state index contributed by atoms with van der Waals surface area (Å²) in [6.45, 7) is 5.65. The maximum atomic E-state index is 12.1. The molecule has 0 aliphatic carbocycles. The number of nitrogens with zero attached hydrogens (tertiary/aromatic N) is 4. The van der Waals surface area contributed by atoms with Gasteiger partial charge in [0.05, 0.1) is 11.4 Å². The van der Waals surface area contributed by atoms with Crippen LogP contribution < -0.4 is 5.56 Å². The first-order valence-electron chi connectivity index (χ1n) is 8.19. The zero-order valence-electron chi connectivity index (χ0n) is 15.2. The van der Waals surface area contributed by atoms with Gasteiger partial charge in [0.2, 0.25) is 0 Å². The number of rotatable bonds is 4. The van der Waals surface area contributed by atoms with Crippen molar-refractivity contribution in [1.82, 2.24) is 19.2 Å². The molecule has 3 rings (SSSR count). The molecule has 134 valence electrons. The van der Waals surface area contributed by atoms with Gasteiger partial charge in [-0.2, -0.15) is 5.10 Å². The summed E-state index contributed by atoms with van der Waals surface area (Å²) < 4.78 is 8.43. The monoisotopic (exact) mass is 352 g/mol. The fraction of sp³-hybridized carbons (Fsp3) is 0.263. The van der Waals surface area contributed by atoms with E-state index in [2.05, 4.69) is 10.1 Å². The number of hydrogen-bond donors (Lipinski definition) is 0. The van der Waals surface area contributed by atoms with Gasteiger partial charge in [0.25, 0.3) is 5.56 Å². The smallest absolute Gasteiger partial charge is 0.331 e. The molecule has 0 aliphatic heterocycles. The van der Waals surface area contributed by atoms with Gasteiger partial charge in [-0.15, -0.1) is 0 Å². The Morgan fingerprint density at radius 1 is 1.27 bits per heavy atom. The lowest BCUT2D eigenvalue weighted by molar-refractivity contribution is -0.139. The lowest BCUT2D eigenvalue weighted by Crippen LogP contribution is -2.16. The Labute approximate surface area is 150 Å². The third-order valence-electron chi connectivity index (χ3n) is 4.17. The van der Waals surface area contributed by atoms with Gasteiger partial charge in [-0.25, -0.2) is 9.78 Å². The standard InChI is InChI=1S/C19H20N4O3/c1-12-5-7-17-20-15(9-18(24)23(17)10-12)11-26-19(25)8-6-16-13(2)21-22(4)14(16)3/h5-10H,11H2,1-4H3/b8-6+. The topological polar surface area (TPSA) is 78.5 Å². The van der Waals surface area contributed by atoms with Crippen LogP contribution in [0, 0.1) is 20.8 Å². The quantitative estimate of drug-likeness (QED) is 0.531. The van der Waals surface area contributed by atoms with E-state index in [-0.39, 0.29) is 12.2 Å². The van der Waals surface area contributed by atoms with Crippen LogP contribution in [0.15, 0.2) is 35.3 Å². The average Bonchev–Trinajstić information content (AvgIpc) is 2.84. The van der Waals surface area contributed by atoms with E-state index in [0.717, 1.165) is 22.5 Å². The van der Waals surface area contributed by atoms with Gasteiger partial charge in [0.15, 0.2) is 0 Å². The first kappa shape index (κ1) is 17.6. The van der Waals surface area contributed by atoms with Crippen molar-refractivity contribution >= 4 is 17.7 Å². The van der Waals surface area contributed by atoms with Gasteiger partial charge in [-0.3, -0.25) is 13.9 Å². The Hall–Kier alpha value is -3.22. The molecule has 0 amide bonds. The molecule has 0 fully saturated rings. The van der Waals surface area contributed by atoms with E-state index >= 15 is 0 Å². The molecule has 3 aromatic heterocycles. The van der Waals surface area contributed by atoms with Crippen LogP contribution in [0.3, 0.4) is 0 Å². The highest BCUT2D eigenvalue weighted by Gasteiger charge is 2.08. The van der Waals surface area contributed by atoms with E-state index in [9.17, 15) is 9.59 Å². The number of hydrogen-bond acceptors (Lipinski definition) is 5. The fourth-order valence-corrected chi connectivity index (χ4v) is 2.71. The Morgan fingerprint density at radius 3 is 2.73 bits per heavy atom. The van der Waals surface area contributed by atoms with Crippen LogP contribution in [-0.2, 0) is 23.2 Å². The SMILES string of the molecule is Cc1ccc2nc(COC(=O)/C=C/c3c(C)nn(C)c3C)cc(=O)n2c1. The Balaban J connectivity index is 1.71. The number of fused-ring (bicyclic) bond motifs is 1. The van der Waals surface area contributed by atoms with Crippen molar-refractivity contribution in [2.24, 2.45) is 7.05 Å². The summed E-state index contributed by atoms with van der Waals surface area (Å²) in [5.41, 5.74) is 4.38. The van der Waals surface area contributed by atoms with Crippen LogP contribution in [0.4, 0.5) is 0 Å². The van der Waals surface area contributed by atoms with Crippen LogP contribution in [0.1, 0.15) is 28.2 Å². The van der Waals surface area contributed by atoms with Crippen LogP contribution in [-0.4, -0.2) is 25.1 Å². The van der Waals surface area contributed by atoms with Gasteiger partial charge >= 0.3 is 5.97 Å². The molecular formula is C19H20N4O3. The molecule has 0 radical (unpaired) electrons. The highest BCUT2D eigenvalue weighted by atomic mass is 16.5. The molecular weight excluding hydrogens is 332 g/mol. The van der Waals surface area contributed by atoms with Crippen molar-refractivity contribution in [1.29, 1.82) is 0 Å². The summed E-state index contributed by atoms with van der Waals surface area (Å²) in [4.78, 5) is 28.5. The van der Waals surface area contributed by atoms with Gasteiger partial charge in [-0.1, -0.05) is 6.07 Å². The average molecular weight is 352 g/mol. The van der Waals surface area contributed by atoms with E-state index in [1.165, 1.54) is 16.5 Å². The van der Waals surface area contributed by atoms with Crippen molar-refractivity contribution in [2.45, 2.75) is 27.4 Å². The molecule has 7 nitrogen and oxygen atoms in total. The fourth-order valence-electron chi connectivity index (χ4n) is 2.71. The van der Waals surface area contributed by atoms with E-state index in [4.69, 9.17) is 4.74 Å². The molecule has 0 saturated carbocycles. The van der Waals surface area contributed by atoms with Crippen molar-refractivity contribution in [2.75, 3.05) is 0 Å². The zero-order valence-corrected chi connectivity index (χ0v) is 15.2. The molecule has 3 heterocycles. The molecule has 0 spiro atoms. The zero-order chi connectivity index (χ0) is 18.8. The second-order valence-electron chi connectivity index (χ2n) is 6.17. The first-order chi connectivity index (χ1) is 12.3. The summed E-state index contributed by atoms with van der Waals surface area (Å²) in [7, 11) is 1.85. The molecule has 7 heteroatoms. The van der Waals surface area contributed by atoms with E-state index < -0.39 is 5.97 Å². The summed E-state index contributed by atoms with van der Waals surface area (Å²) >= 11 is 0. The van der Waals surface area contributed by atoms with Gasteiger partial charge < -0.3 is 4.74 Å². The normalized spacial score (nSPS) is 11.4. The van der Waals surface area contributed by atoms with Crippen LogP contribution in [0.5, 0.6) is 0 Å². The molecule has 0 aliphatic rings. The second kappa shape index (κ2) is 6.95. The molecule has 0 bridgehead atoms. The minimum absolute atomic E-state index is 0.0617. The van der Waals surface area contributed by atoms with Crippen molar-refractivity contribution in [3.05, 3.63) is 69.0 Å². The summed E-state index contributed by atoms with van der Waals surface area (Å²) in [6, 6.07) is 5.01. The van der Waals surface area contributed by atoms with Crippen molar-refractivity contribution in [3.63, 3.8) is 0 Å². The first-order valence-corrected chi connectivity index (χ1v) is 8.19. The molecule has 3 aromatic rings. The maximum Gasteiger partial charge on any atom is 0.331 e. The van der Waals surface area contributed by atoms with Crippen molar-refractivity contribution in [3.8, 4) is 0 Å². The minimum atomic E-state index is -0.501. The molecule has 0 atom stereocenters. The summed E-state index contributed by atoms with van der Waals surface area (Å²) in [5, 5.41) is 4.29. The largest absolute Gasteiger partial charge is 0.456 e. The third kappa shape index (κ3) is 3.56. The third-order valence-corrected chi connectivity index (χ3v) is 4.17. The van der Waals surface area contributed by atoms with E-state index in [1.807, 2.05) is 33.9 Å². The number of ether oxygens (including phenoxy) is 1. The number of aryl methyl sites for hydroxylation is 3. The highest BCUT2D eigenvalue weighted by Crippen LogP contribution is 2.13. The predicted octanol–water partition coefficient (Wildman–Crippen LogP) is 2.11. The molecule has 0 aromatic carbocycles. The van der Waals surface area contributed by atoms with Gasteiger partial charge in [-0.05, 0) is 38.5 Å². The van der Waals surface area contributed by atoms with Crippen LogP contribution in [0.2, 0.25) is 0 Å². The lowest BCUT2D eigenvalue weighted by Gasteiger charge is -2.05. The minimum Gasteiger partial charge on any atom is -0.456 e. The summed E-state index contributed by atoms with van der Waals surface area (Å²) in [5.74, 6) is -0.501. The predicted molar refractivity (Wildman–Crippen MR) is 97.7 cm³/mol. The number of aromatic nitrogens is 4. The lowest BCUT2D eigenvalue weighted by atomic mass is 10.2. The Morgan fingerprint density at radius 2 is 2.04 bits per heavy atom. The molecule has 0 N–H and O–H groups in total. The number of pyridine rings is 1. The maximum absolute atomic E-state index is 12.1. The molecule has 26 heavy (non-hydrogen) atoms. The number of carbonyl (C=O) groups is 1. The molecule has 0 saturated heterocycles. The van der Waals surface area contributed by atoms with Crippen LogP contribution >= 0.6 is 0 Å². The van der Waals surface area contributed by atoms with Crippen LogP contribution in [0.25, 0.3) is 11.7 Å². The number of carbonyl (C=O) groups excluding carboxylic acids is 1. The van der Waals surface area contributed by atoms with E-state index in [1.54, 1.807) is 23.0 Å². The van der Waals surface area contributed by atoms with Crippen molar-refractivity contribution < 1.29 is 9.53 Å². The number of esters is 1. The second-order valence-corrected chi connectivity index (χ2v) is 6.17. The summed E-state index contributed by atoms with van der Waals surface area (Å²) in [6.07, 6.45) is 4.77.